The van der Waals surface area contributed by atoms with Gasteiger partial charge in [-0.3, -0.25) is 0 Å². The number of hydrogen-bond acceptors (Lipinski definition) is 3. The summed E-state index contributed by atoms with van der Waals surface area (Å²) in [6.45, 7) is 2.09. The van der Waals surface area contributed by atoms with Gasteiger partial charge < -0.3 is 10.4 Å². The summed E-state index contributed by atoms with van der Waals surface area (Å²) in [7, 11) is 0. The molecular formula is C9H13F2N3O. The Kier molecular flexibility index (Phi) is 3.93. The highest BCUT2D eigenvalue weighted by Gasteiger charge is 2.26. The van der Waals surface area contributed by atoms with E-state index in [-0.39, 0.29) is 6.54 Å². The fraction of sp³-hybridized carbons (Fsp3) is 0.444. The molecule has 1 aromatic rings. The van der Waals surface area contributed by atoms with Gasteiger partial charge in [0.1, 0.15) is 6.61 Å². The molecule has 0 unspecified atom stereocenters. The van der Waals surface area contributed by atoms with E-state index in [1.807, 2.05) is 0 Å². The third-order valence-corrected chi connectivity index (χ3v) is 1.79. The summed E-state index contributed by atoms with van der Waals surface area (Å²) in [6, 6.07) is 0. The van der Waals surface area contributed by atoms with E-state index >= 15 is 0 Å². The topological polar surface area (TPSA) is 50.1 Å². The fourth-order valence-corrected chi connectivity index (χ4v) is 1.01. The minimum Gasteiger partial charge on any atom is -0.390 e. The predicted octanol–water partition coefficient (Wildman–Crippen LogP) is 0.701. The molecule has 4 nitrogen and oxygen atoms in total. The number of rotatable bonds is 6. The van der Waals surface area contributed by atoms with Crippen LogP contribution in [0.1, 0.15) is 5.56 Å². The van der Waals surface area contributed by atoms with Crippen molar-refractivity contribution in [2.45, 2.75) is 12.5 Å². The summed E-state index contributed by atoms with van der Waals surface area (Å²) < 4.78 is 26.6. The van der Waals surface area contributed by atoms with Crippen molar-refractivity contribution in [2.75, 3.05) is 13.2 Å². The molecule has 84 valence electrons. The zero-order chi connectivity index (χ0) is 11.3. The van der Waals surface area contributed by atoms with Crippen LogP contribution in [0.4, 0.5) is 8.78 Å². The molecule has 2 N–H and O–H groups in total. The minimum atomic E-state index is -3.07. The van der Waals surface area contributed by atoms with Gasteiger partial charge in [0.25, 0.3) is 5.92 Å². The Balaban J connectivity index is 2.34. The molecule has 1 heterocycles. The van der Waals surface area contributed by atoms with E-state index < -0.39 is 19.1 Å². The summed E-state index contributed by atoms with van der Waals surface area (Å²) in [4.78, 5) is 0. The van der Waals surface area contributed by atoms with Gasteiger partial charge in [-0.15, -0.1) is 0 Å². The number of alkyl halides is 2. The van der Waals surface area contributed by atoms with Crippen LogP contribution in [0.5, 0.6) is 0 Å². The van der Waals surface area contributed by atoms with Gasteiger partial charge in [0.2, 0.25) is 0 Å². The Labute approximate surface area is 86.2 Å². The van der Waals surface area contributed by atoms with Crippen LogP contribution >= 0.6 is 0 Å². The standard InChI is InChI=1S/C9H13F2N3O/c1-2-14-5-8(4-13-14)3-12-6-9(10,11)7-15/h2,4-5,12,15H,1,3,6-7H2. The maximum atomic E-state index is 12.6. The molecule has 0 fully saturated rings. The lowest BCUT2D eigenvalue weighted by molar-refractivity contribution is -0.0477. The number of aromatic nitrogens is 2. The average Bonchev–Trinajstić information content (AvgIpc) is 2.66. The first kappa shape index (κ1) is 11.8. The quantitative estimate of drug-likeness (QED) is 0.737. The maximum absolute atomic E-state index is 12.6. The lowest BCUT2D eigenvalue weighted by Crippen LogP contribution is -2.35. The Morgan fingerprint density at radius 3 is 2.93 bits per heavy atom. The van der Waals surface area contributed by atoms with Crippen LogP contribution in [0.2, 0.25) is 0 Å². The van der Waals surface area contributed by atoms with Gasteiger partial charge >= 0.3 is 0 Å². The summed E-state index contributed by atoms with van der Waals surface area (Å²) in [5, 5.41) is 14.7. The minimum absolute atomic E-state index is 0.281. The molecule has 0 radical (unpaired) electrons. The number of hydrogen-bond donors (Lipinski definition) is 2. The Morgan fingerprint density at radius 2 is 2.40 bits per heavy atom. The van der Waals surface area contributed by atoms with Crippen molar-refractivity contribution in [3.63, 3.8) is 0 Å². The predicted molar refractivity (Wildman–Crippen MR) is 52.4 cm³/mol. The molecule has 6 heteroatoms. The SMILES string of the molecule is C=Cn1cc(CNCC(F)(F)CO)cn1. The molecule has 0 aliphatic heterocycles. The third-order valence-electron chi connectivity index (χ3n) is 1.79. The Morgan fingerprint density at radius 1 is 1.67 bits per heavy atom. The van der Waals surface area contributed by atoms with Crippen molar-refractivity contribution in [1.82, 2.24) is 15.1 Å². The van der Waals surface area contributed by atoms with Gasteiger partial charge in [-0.2, -0.15) is 5.10 Å². The summed E-state index contributed by atoms with van der Waals surface area (Å²) in [5.41, 5.74) is 0.781. The summed E-state index contributed by atoms with van der Waals surface area (Å²) >= 11 is 0. The van der Waals surface area contributed by atoms with E-state index in [0.29, 0.717) is 0 Å². The smallest absolute Gasteiger partial charge is 0.282 e. The largest absolute Gasteiger partial charge is 0.390 e. The molecule has 0 atom stereocenters. The molecule has 0 aliphatic rings. The Bertz CT molecular complexity index is 325. The van der Waals surface area contributed by atoms with E-state index in [1.54, 1.807) is 12.4 Å². The number of halogens is 2. The highest BCUT2D eigenvalue weighted by atomic mass is 19.3. The second-order valence-corrected chi connectivity index (χ2v) is 3.13. The Hall–Kier alpha value is -1.27. The second kappa shape index (κ2) is 4.99. The van der Waals surface area contributed by atoms with Gasteiger partial charge in [-0.1, -0.05) is 6.58 Å². The van der Waals surface area contributed by atoms with Crippen molar-refractivity contribution in [3.05, 3.63) is 24.5 Å². The molecular weight excluding hydrogens is 204 g/mol. The zero-order valence-electron chi connectivity index (χ0n) is 8.16. The molecule has 0 spiro atoms. The normalized spacial score (nSPS) is 11.7. The molecule has 1 rings (SSSR count). The average molecular weight is 217 g/mol. The van der Waals surface area contributed by atoms with Crippen LogP contribution < -0.4 is 5.32 Å². The van der Waals surface area contributed by atoms with E-state index in [0.717, 1.165) is 5.56 Å². The van der Waals surface area contributed by atoms with Crippen LogP contribution in [0.3, 0.4) is 0 Å². The first-order valence-corrected chi connectivity index (χ1v) is 4.42. The number of nitrogens with one attached hydrogen (secondary N) is 1. The first-order chi connectivity index (χ1) is 7.07. The van der Waals surface area contributed by atoms with Crippen molar-refractivity contribution in [2.24, 2.45) is 0 Å². The van der Waals surface area contributed by atoms with Gasteiger partial charge in [-0.05, 0) is 0 Å². The van der Waals surface area contributed by atoms with Crippen molar-refractivity contribution < 1.29 is 13.9 Å². The van der Waals surface area contributed by atoms with Gasteiger partial charge in [0.15, 0.2) is 0 Å². The third kappa shape index (κ3) is 3.77. The highest BCUT2D eigenvalue weighted by Crippen LogP contribution is 2.10. The van der Waals surface area contributed by atoms with Gasteiger partial charge in [0.05, 0.1) is 12.7 Å². The molecule has 15 heavy (non-hydrogen) atoms. The second-order valence-electron chi connectivity index (χ2n) is 3.13. The molecule has 0 bridgehead atoms. The summed E-state index contributed by atoms with van der Waals surface area (Å²) in [6.07, 6.45) is 4.74. The number of aliphatic hydroxyl groups is 1. The van der Waals surface area contributed by atoms with Gasteiger partial charge in [-0.25, -0.2) is 13.5 Å². The van der Waals surface area contributed by atoms with Crippen molar-refractivity contribution in [3.8, 4) is 0 Å². The number of aliphatic hydroxyl groups excluding tert-OH is 1. The highest BCUT2D eigenvalue weighted by molar-refractivity contribution is 5.17. The van der Waals surface area contributed by atoms with Crippen LogP contribution in [0.25, 0.3) is 6.20 Å². The molecule has 1 aromatic heterocycles. The van der Waals surface area contributed by atoms with E-state index in [2.05, 4.69) is 17.0 Å². The molecule has 0 saturated carbocycles. The van der Waals surface area contributed by atoms with Crippen LogP contribution in [0, 0.1) is 0 Å². The maximum Gasteiger partial charge on any atom is 0.282 e. The zero-order valence-corrected chi connectivity index (χ0v) is 8.16. The lowest BCUT2D eigenvalue weighted by atomic mass is 10.3. The monoisotopic (exact) mass is 217 g/mol. The lowest BCUT2D eigenvalue weighted by Gasteiger charge is -2.13. The summed E-state index contributed by atoms with van der Waals surface area (Å²) in [5.74, 6) is -3.07. The van der Waals surface area contributed by atoms with E-state index in [4.69, 9.17) is 5.11 Å². The van der Waals surface area contributed by atoms with Crippen LogP contribution in [0.15, 0.2) is 19.0 Å². The van der Waals surface area contributed by atoms with Crippen molar-refractivity contribution in [1.29, 1.82) is 0 Å². The molecule has 0 aromatic carbocycles. The van der Waals surface area contributed by atoms with Gasteiger partial charge in [0, 0.05) is 24.5 Å². The van der Waals surface area contributed by atoms with Crippen LogP contribution in [-0.2, 0) is 6.54 Å². The molecule has 0 saturated heterocycles. The van der Waals surface area contributed by atoms with E-state index in [9.17, 15) is 8.78 Å². The fourth-order valence-electron chi connectivity index (χ4n) is 1.01. The van der Waals surface area contributed by atoms with Crippen molar-refractivity contribution >= 4 is 6.20 Å². The first-order valence-electron chi connectivity index (χ1n) is 4.42. The molecule has 0 aliphatic carbocycles. The van der Waals surface area contributed by atoms with E-state index in [1.165, 1.54) is 10.9 Å². The number of nitrogens with zero attached hydrogens (tertiary/aromatic N) is 2. The van der Waals surface area contributed by atoms with Crippen LogP contribution in [-0.4, -0.2) is 34.0 Å². The molecule has 0 amide bonds.